The largest absolute Gasteiger partial charge is 0.438 e. The molecule has 1 fully saturated rings. The van der Waals surface area contributed by atoms with Crippen LogP contribution in [-0.2, 0) is 4.74 Å². The van der Waals surface area contributed by atoms with Gasteiger partial charge >= 0.3 is 0 Å². The summed E-state index contributed by atoms with van der Waals surface area (Å²) in [4.78, 5) is 0. The van der Waals surface area contributed by atoms with Gasteiger partial charge in [-0.05, 0) is 30.7 Å². The molecule has 5 heteroatoms. The molecule has 0 radical (unpaired) electrons. The molecule has 0 aromatic heterocycles. The zero-order valence-corrected chi connectivity index (χ0v) is 11.6. The molecule has 0 amide bonds. The number of nitrogens with zero attached hydrogens (tertiary/aromatic N) is 2. The second-order valence-corrected chi connectivity index (χ2v) is 4.55. The number of hydrogen-bond donors (Lipinski definition) is 1. The lowest BCUT2D eigenvalue weighted by Crippen LogP contribution is -2.38. The fourth-order valence-corrected chi connectivity index (χ4v) is 2.06. The van der Waals surface area contributed by atoms with Crippen molar-refractivity contribution >= 4 is 12.6 Å². The molecule has 0 spiro atoms. The van der Waals surface area contributed by atoms with Crippen LogP contribution in [0.3, 0.4) is 0 Å². The van der Waals surface area contributed by atoms with E-state index in [0.29, 0.717) is 11.6 Å². The monoisotopic (exact) mass is 273 g/mol. The molecule has 106 valence electrons. The van der Waals surface area contributed by atoms with E-state index >= 15 is 0 Å². The summed E-state index contributed by atoms with van der Waals surface area (Å²) in [7, 11) is 0. The maximum atomic E-state index is 5.91. The lowest BCUT2D eigenvalue weighted by Gasteiger charge is -2.29. The van der Waals surface area contributed by atoms with E-state index in [-0.39, 0.29) is 12.2 Å². The number of morpholine rings is 1. The van der Waals surface area contributed by atoms with Crippen LogP contribution in [0, 0.1) is 0 Å². The molecule has 5 nitrogen and oxygen atoms in total. The van der Waals surface area contributed by atoms with Gasteiger partial charge in [-0.15, -0.1) is 5.10 Å². The topological polar surface area (TPSA) is 55.2 Å². The summed E-state index contributed by atoms with van der Waals surface area (Å²) < 4.78 is 11.5. The Morgan fingerprint density at radius 1 is 1.50 bits per heavy atom. The van der Waals surface area contributed by atoms with Crippen LogP contribution in [-0.4, -0.2) is 31.8 Å². The first-order valence-corrected chi connectivity index (χ1v) is 6.53. The van der Waals surface area contributed by atoms with Gasteiger partial charge in [-0.1, -0.05) is 18.7 Å². The van der Waals surface area contributed by atoms with Crippen LogP contribution in [0.2, 0.25) is 0 Å². The zero-order valence-electron chi connectivity index (χ0n) is 11.6. The third kappa shape index (κ3) is 3.76. The first-order chi connectivity index (χ1) is 9.72. The van der Waals surface area contributed by atoms with Crippen molar-refractivity contribution in [3.8, 4) is 5.75 Å². The highest BCUT2D eigenvalue weighted by atomic mass is 16.5. The molecular weight excluding hydrogens is 254 g/mol. The average Bonchev–Trinajstić information content (AvgIpc) is 2.47. The van der Waals surface area contributed by atoms with E-state index < -0.39 is 0 Å². The standard InChI is InChI=1S/C15H19N3O2/c1-4-15(18-16-3)20-13-7-5-6-12(8-13)14-10-17-9-11(2)19-14/h4-8,11,14,17H,1,3,9-10H2,2H3/b18-15+/t11-,14+/m0/s1. The van der Waals surface area contributed by atoms with Crippen molar-refractivity contribution in [3.63, 3.8) is 0 Å². The highest BCUT2D eigenvalue weighted by molar-refractivity contribution is 5.88. The van der Waals surface area contributed by atoms with Crippen molar-refractivity contribution in [2.75, 3.05) is 13.1 Å². The van der Waals surface area contributed by atoms with Gasteiger partial charge in [0.2, 0.25) is 5.90 Å². The molecule has 1 saturated heterocycles. The van der Waals surface area contributed by atoms with Crippen LogP contribution < -0.4 is 10.1 Å². The van der Waals surface area contributed by atoms with Crippen molar-refractivity contribution < 1.29 is 9.47 Å². The van der Waals surface area contributed by atoms with Crippen molar-refractivity contribution in [3.05, 3.63) is 42.5 Å². The fourth-order valence-electron chi connectivity index (χ4n) is 2.06. The molecule has 0 saturated carbocycles. The van der Waals surface area contributed by atoms with Crippen LogP contribution in [0.5, 0.6) is 5.75 Å². The summed E-state index contributed by atoms with van der Waals surface area (Å²) in [5, 5.41) is 10.5. The van der Waals surface area contributed by atoms with Crippen LogP contribution >= 0.6 is 0 Å². The van der Waals surface area contributed by atoms with Crippen molar-refractivity contribution in [1.29, 1.82) is 0 Å². The number of benzene rings is 1. The minimum absolute atomic E-state index is 0.0314. The van der Waals surface area contributed by atoms with Gasteiger partial charge < -0.3 is 14.8 Å². The van der Waals surface area contributed by atoms with Crippen molar-refractivity contribution in [2.24, 2.45) is 10.2 Å². The van der Waals surface area contributed by atoms with Crippen LogP contribution in [0.25, 0.3) is 0 Å². The quantitative estimate of drug-likeness (QED) is 0.520. The van der Waals surface area contributed by atoms with E-state index in [9.17, 15) is 0 Å². The molecule has 1 heterocycles. The first kappa shape index (κ1) is 14.4. The summed E-state index contributed by atoms with van der Waals surface area (Å²) in [6, 6.07) is 7.74. The van der Waals surface area contributed by atoms with E-state index in [2.05, 4.69) is 35.7 Å². The summed E-state index contributed by atoms with van der Waals surface area (Å²) in [5.41, 5.74) is 1.07. The van der Waals surface area contributed by atoms with Gasteiger partial charge in [0.15, 0.2) is 0 Å². The summed E-state index contributed by atoms with van der Waals surface area (Å²) in [6.07, 6.45) is 1.72. The number of ether oxygens (including phenoxy) is 2. The van der Waals surface area contributed by atoms with Crippen LogP contribution in [0.1, 0.15) is 18.6 Å². The molecule has 1 N–H and O–H groups in total. The Kier molecular flexibility index (Phi) is 5.03. The van der Waals surface area contributed by atoms with Crippen molar-refractivity contribution in [2.45, 2.75) is 19.1 Å². The summed E-state index contributed by atoms with van der Waals surface area (Å²) in [5.74, 6) is 0.986. The average molecular weight is 273 g/mol. The molecule has 1 aromatic rings. The molecule has 0 unspecified atom stereocenters. The molecule has 0 aliphatic carbocycles. The lowest BCUT2D eigenvalue weighted by atomic mass is 10.1. The number of hydrogen-bond acceptors (Lipinski definition) is 5. The Labute approximate surface area is 119 Å². The van der Waals surface area contributed by atoms with E-state index in [0.717, 1.165) is 18.7 Å². The summed E-state index contributed by atoms with van der Waals surface area (Å²) in [6.45, 7) is 10.6. The highest BCUT2D eigenvalue weighted by Gasteiger charge is 2.20. The van der Waals surface area contributed by atoms with Crippen LogP contribution in [0.15, 0.2) is 47.1 Å². The first-order valence-electron chi connectivity index (χ1n) is 6.53. The maximum Gasteiger partial charge on any atom is 0.238 e. The third-order valence-electron chi connectivity index (χ3n) is 2.95. The van der Waals surface area contributed by atoms with E-state index in [1.54, 1.807) is 0 Å². The van der Waals surface area contributed by atoms with E-state index in [1.807, 2.05) is 24.3 Å². The predicted octanol–water partition coefficient (Wildman–Crippen LogP) is 2.31. The van der Waals surface area contributed by atoms with Gasteiger partial charge in [-0.3, -0.25) is 0 Å². The Bertz CT molecular complexity index is 514. The second-order valence-electron chi connectivity index (χ2n) is 4.55. The predicted molar refractivity (Wildman–Crippen MR) is 80.4 cm³/mol. The molecular formula is C15H19N3O2. The Balaban J connectivity index is 2.13. The molecule has 1 aliphatic heterocycles. The Morgan fingerprint density at radius 3 is 3.05 bits per heavy atom. The highest BCUT2D eigenvalue weighted by Crippen LogP contribution is 2.24. The molecule has 1 aliphatic rings. The SMILES string of the molecule is C=C/C(=N\N=C)Oc1cccc([C@H]2CNC[C@H](C)O2)c1. The minimum atomic E-state index is 0.0314. The van der Waals surface area contributed by atoms with E-state index in [4.69, 9.17) is 9.47 Å². The number of rotatable bonds is 4. The molecule has 2 rings (SSSR count). The van der Waals surface area contributed by atoms with Gasteiger partial charge in [0, 0.05) is 19.8 Å². The Morgan fingerprint density at radius 2 is 2.35 bits per heavy atom. The van der Waals surface area contributed by atoms with Gasteiger partial charge in [0.25, 0.3) is 0 Å². The lowest BCUT2D eigenvalue weighted by molar-refractivity contribution is -0.0287. The van der Waals surface area contributed by atoms with Gasteiger partial charge in [-0.25, -0.2) is 0 Å². The zero-order chi connectivity index (χ0) is 14.4. The minimum Gasteiger partial charge on any atom is -0.438 e. The third-order valence-corrected chi connectivity index (χ3v) is 2.95. The maximum absolute atomic E-state index is 5.91. The smallest absolute Gasteiger partial charge is 0.238 e. The van der Waals surface area contributed by atoms with Gasteiger partial charge in [0.1, 0.15) is 5.75 Å². The molecule has 20 heavy (non-hydrogen) atoms. The van der Waals surface area contributed by atoms with Crippen LogP contribution in [0.4, 0.5) is 0 Å². The van der Waals surface area contributed by atoms with Crippen molar-refractivity contribution in [1.82, 2.24) is 5.32 Å². The molecule has 1 aromatic carbocycles. The fraction of sp³-hybridized carbons (Fsp3) is 0.333. The number of nitrogens with one attached hydrogen (secondary N) is 1. The molecule has 2 atom stereocenters. The second kappa shape index (κ2) is 6.98. The molecule has 0 bridgehead atoms. The summed E-state index contributed by atoms with van der Waals surface area (Å²) >= 11 is 0. The van der Waals surface area contributed by atoms with E-state index in [1.165, 1.54) is 6.08 Å². The Hall–Kier alpha value is -1.98. The normalized spacial score (nSPS) is 23.1. The van der Waals surface area contributed by atoms with Gasteiger partial charge in [0.05, 0.1) is 12.2 Å². The van der Waals surface area contributed by atoms with Gasteiger partial charge in [-0.2, -0.15) is 5.10 Å².